The number of H-pyrrole nitrogens is 1. The Morgan fingerprint density at radius 3 is 2.67 bits per heavy atom. The highest BCUT2D eigenvalue weighted by atomic mass is 35.5. The lowest BCUT2D eigenvalue weighted by Gasteiger charge is -2.25. The average Bonchev–Trinajstić information content (AvgIpc) is 2.32. The molecule has 1 heterocycles. The Balaban J connectivity index is 2.01. The number of aromatic amines is 1. The first-order chi connectivity index (χ1) is 8.56. The molecule has 0 saturated heterocycles. The number of rotatable bonds is 2. The van der Waals surface area contributed by atoms with E-state index in [0.29, 0.717) is 0 Å². The van der Waals surface area contributed by atoms with Gasteiger partial charge in [-0.05, 0) is 32.6 Å². The molecule has 1 saturated carbocycles. The van der Waals surface area contributed by atoms with Crippen LogP contribution >= 0.6 is 11.6 Å². The smallest absolute Gasteiger partial charge is 0.256 e. The molecule has 18 heavy (non-hydrogen) atoms. The summed E-state index contributed by atoms with van der Waals surface area (Å²) < 4.78 is 0. The van der Waals surface area contributed by atoms with Gasteiger partial charge in [0.2, 0.25) is 0 Å². The summed E-state index contributed by atoms with van der Waals surface area (Å²) in [6.45, 7) is 1.78. The first-order valence-electron chi connectivity index (χ1n) is 6.20. The van der Waals surface area contributed by atoms with E-state index in [1.807, 2.05) is 0 Å². The minimum absolute atomic E-state index is 0.133. The van der Waals surface area contributed by atoms with Crippen LogP contribution in [0.2, 0.25) is 0 Å². The molecular formula is C13H17ClN2O2. The maximum atomic E-state index is 12.0. The molecule has 2 rings (SSSR count). The van der Waals surface area contributed by atoms with Crippen molar-refractivity contribution in [1.29, 1.82) is 0 Å². The molecule has 1 aliphatic carbocycles. The molecule has 1 aliphatic rings. The summed E-state index contributed by atoms with van der Waals surface area (Å²) in [6.07, 6.45) is 5.06. The Morgan fingerprint density at radius 2 is 2.06 bits per heavy atom. The number of alkyl halides is 1. The van der Waals surface area contributed by atoms with E-state index >= 15 is 0 Å². The monoisotopic (exact) mass is 268 g/mol. The Kier molecular flexibility index (Phi) is 4.07. The highest BCUT2D eigenvalue weighted by Crippen LogP contribution is 2.22. The molecule has 5 heteroatoms. The van der Waals surface area contributed by atoms with Crippen molar-refractivity contribution in [2.24, 2.45) is 0 Å². The zero-order valence-electron chi connectivity index (χ0n) is 10.3. The van der Waals surface area contributed by atoms with Crippen molar-refractivity contribution < 1.29 is 4.79 Å². The van der Waals surface area contributed by atoms with Crippen LogP contribution < -0.4 is 10.7 Å². The number of carbonyl (C=O) groups excluding carboxylic acids is 1. The second-order valence-electron chi connectivity index (χ2n) is 4.82. The molecule has 0 bridgehead atoms. The number of hydrogen-bond acceptors (Lipinski definition) is 2. The van der Waals surface area contributed by atoms with Crippen molar-refractivity contribution in [2.75, 3.05) is 0 Å². The van der Waals surface area contributed by atoms with Crippen LogP contribution in [0.25, 0.3) is 0 Å². The van der Waals surface area contributed by atoms with E-state index in [2.05, 4.69) is 10.3 Å². The Bertz CT molecular complexity index is 490. The number of carbonyl (C=O) groups is 1. The molecule has 0 aliphatic heterocycles. The van der Waals surface area contributed by atoms with E-state index in [1.165, 1.54) is 12.3 Å². The van der Waals surface area contributed by atoms with Gasteiger partial charge in [0, 0.05) is 29.4 Å². The van der Waals surface area contributed by atoms with E-state index < -0.39 is 0 Å². The van der Waals surface area contributed by atoms with Gasteiger partial charge in [-0.25, -0.2) is 0 Å². The summed E-state index contributed by atoms with van der Waals surface area (Å²) in [5, 5.41) is 3.12. The van der Waals surface area contributed by atoms with Crippen LogP contribution in [0, 0.1) is 6.92 Å². The molecule has 0 aromatic carbocycles. The first-order valence-corrected chi connectivity index (χ1v) is 6.64. The van der Waals surface area contributed by atoms with Crippen molar-refractivity contribution in [3.63, 3.8) is 0 Å². The average molecular weight is 269 g/mol. The summed E-state index contributed by atoms with van der Waals surface area (Å²) in [7, 11) is 0. The van der Waals surface area contributed by atoms with Gasteiger partial charge in [-0.2, -0.15) is 0 Å². The predicted octanol–water partition coefficient (Wildman–Crippen LogP) is 1.96. The fraction of sp³-hybridized carbons (Fsp3) is 0.538. The molecule has 1 fully saturated rings. The van der Waals surface area contributed by atoms with Crippen molar-refractivity contribution in [1.82, 2.24) is 10.3 Å². The third-order valence-corrected chi connectivity index (χ3v) is 3.73. The first kappa shape index (κ1) is 13.1. The number of amides is 1. The topological polar surface area (TPSA) is 62.0 Å². The zero-order valence-corrected chi connectivity index (χ0v) is 11.1. The van der Waals surface area contributed by atoms with Crippen LogP contribution in [0.1, 0.15) is 41.7 Å². The molecule has 0 radical (unpaired) electrons. The molecule has 4 nitrogen and oxygen atoms in total. The van der Waals surface area contributed by atoms with Gasteiger partial charge in [0.05, 0.1) is 0 Å². The van der Waals surface area contributed by atoms with Crippen molar-refractivity contribution >= 4 is 17.5 Å². The summed E-state index contributed by atoms with van der Waals surface area (Å²) in [5.41, 5.74) is 0.683. The van der Waals surface area contributed by atoms with Gasteiger partial charge in [0.1, 0.15) is 5.56 Å². The Morgan fingerprint density at radius 1 is 1.39 bits per heavy atom. The number of hydrogen-bond donors (Lipinski definition) is 2. The SMILES string of the molecule is Cc1cc(=O)c(C(=O)NC2CCC(Cl)CC2)c[nH]1. The summed E-state index contributed by atoms with van der Waals surface area (Å²) in [4.78, 5) is 26.5. The third kappa shape index (κ3) is 3.13. The van der Waals surface area contributed by atoms with E-state index in [0.717, 1.165) is 31.4 Å². The highest BCUT2D eigenvalue weighted by molar-refractivity contribution is 6.20. The maximum Gasteiger partial charge on any atom is 0.256 e. The summed E-state index contributed by atoms with van der Waals surface area (Å²) >= 11 is 6.01. The lowest BCUT2D eigenvalue weighted by molar-refractivity contribution is 0.0926. The van der Waals surface area contributed by atoms with Crippen LogP contribution in [-0.2, 0) is 0 Å². The molecule has 1 aromatic rings. The Labute approximate surface area is 111 Å². The number of halogens is 1. The number of aromatic nitrogens is 1. The van der Waals surface area contributed by atoms with Crippen molar-refractivity contribution in [3.05, 3.63) is 33.7 Å². The van der Waals surface area contributed by atoms with Gasteiger partial charge in [0.25, 0.3) is 5.91 Å². The number of aryl methyl sites for hydroxylation is 1. The largest absolute Gasteiger partial charge is 0.364 e. The molecule has 1 aromatic heterocycles. The van der Waals surface area contributed by atoms with E-state index in [1.54, 1.807) is 6.92 Å². The second kappa shape index (κ2) is 5.57. The van der Waals surface area contributed by atoms with Gasteiger partial charge in [-0.15, -0.1) is 11.6 Å². The van der Waals surface area contributed by atoms with Crippen molar-refractivity contribution in [3.8, 4) is 0 Å². The standard InChI is InChI=1S/C13H17ClN2O2/c1-8-6-12(17)11(7-15-8)13(18)16-10-4-2-9(14)3-5-10/h6-7,9-10H,2-5H2,1H3,(H,15,17)(H,16,18). The van der Waals surface area contributed by atoms with Crippen LogP contribution in [0.5, 0.6) is 0 Å². The van der Waals surface area contributed by atoms with Gasteiger partial charge in [-0.1, -0.05) is 0 Å². The number of pyridine rings is 1. The summed E-state index contributed by atoms with van der Waals surface area (Å²) in [5.74, 6) is -0.297. The molecule has 0 atom stereocenters. The van der Waals surface area contributed by atoms with Gasteiger partial charge in [-0.3, -0.25) is 9.59 Å². The van der Waals surface area contributed by atoms with E-state index in [-0.39, 0.29) is 28.3 Å². The predicted molar refractivity (Wildman–Crippen MR) is 71.2 cm³/mol. The van der Waals surface area contributed by atoms with E-state index in [4.69, 9.17) is 11.6 Å². The molecule has 2 N–H and O–H groups in total. The minimum atomic E-state index is -0.297. The van der Waals surface area contributed by atoms with Crippen LogP contribution in [0.15, 0.2) is 17.1 Å². The van der Waals surface area contributed by atoms with Crippen LogP contribution in [0.3, 0.4) is 0 Å². The van der Waals surface area contributed by atoms with Gasteiger partial charge in [0.15, 0.2) is 5.43 Å². The minimum Gasteiger partial charge on any atom is -0.364 e. The van der Waals surface area contributed by atoms with Crippen LogP contribution in [-0.4, -0.2) is 22.3 Å². The highest BCUT2D eigenvalue weighted by Gasteiger charge is 2.22. The Hall–Kier alpha value is -1.29. The second-order valence-corrected chi connectivity index (χ2v) is 5.43. The van der Waals surface area contributed by atoms with E-state index in [9.17, 15) is 9.59 Å². The molecule has 1 amide bonds. The molecule has 0 unspecified atom stereocenters. The zero-order chi connectivity index (χ0) is 13.1. The fourth-order valence-corrected chi connectivity index (χ4v) is 2.46. The van der Waals surface area contributed by atoms with Gasteiger partial charge < -0.3 is 10.3 Å². The maximum absolute atomic E-state index is 12.0. The molecular weight excluding hydrogens is 252 g/mol. The molecule has 0 spiro atoms. The number of nitrogens with one attached hydrogen (secondary N) is 2. The quantitative estimate of drug-likeness (QED) is 0.806. The summed E-state index contributed by atoms with van der Waals surface area (Å²) in [6, 6.07) is 1.57. The lowest BCUT2D eigenvalue weighted by Crippen LogP contribution is -2.39. The van der Waals surface area contributed by atoms with Crippen LogP contribution in [0.4, 0.5) is 0 Å². The third-order valence-electron chi connectivity index (χ3n) is 3.29. The molecule has 98 valence electrons. The lowest BCUT2D eigenvalue weighted by atomic mass is 9.95. The van der Waals surface area contributed by atoms with Gasteiger partial charge >= 0.3 is 0 Å². The fourth-order valence-electron chi connectivity index (χ4n) is 2.21. The van der Waals surface area contributed by atoms with Crippen molar-refractivity contribution in [2.45, 2.75) is 44.0 Å². The normalized spacial score (nSPS) is 23.7.